The molecule has 1 saturated heterocycles. The zero-order chi connectivity index (χ0) is 18.6. The van der Waals surface area contributed by atoms with Gasteiger partial charge in [0.05, 0.1) is 23.8 Å². The Bertz CT molecular complexity index is 769. The number of benzene rings is 1. The van der Waals surface area contributed by atoms with Crippen LogP contribution < -0.4 is 5.32 Å². The lowest BCUT2D eigenvalue weighted by Crippen LogP contribution is -2.48. The van der Waals surface area contributed by atoms with Gasteiger partial charge in [-0.1, -0.05) is 0 Å². The summed E-state index contributed by atoms with van der Waals surface area (Å²) in [6.45, 7) is 0.110. The lowest BCUT2D eigenvalue weighted by molar-refractivity contribution is -0.145. The summed E-state index contributed by atoms with van der Waals surface area (Å²) in [5.41, 5.74) is -0.468. The number of ether oxygens (including phenoxy) is 1. The molecular formula is C15H18F2N2O5S. The van der Waals surface area contributed by atoms with E-state index in [0.29, 0.717) is 0 Å². The first-order chi connectivity index (χ1) is 11.7. The molecule has 0 aliphatic carbocycles. The van der Waals surface area contributed by atoms with E-state index in [1.165, 1.54) is 7.11 Å². The van der Waals surface area contributed by atoms with Crippen molar-refractivity contribution in [2.24, 2.45) is 0 Å². The van der Waals surface area contributed by atoms with Gasteiger partial charge in [-0.2, -0.15) is 0 Å². The quantitative estimate of drug-likeness (QED) is 0.759. The third-order valence-electron chi connectivity index (χ3n) is 3.82. The maximum Gasteiger partial charge on any atom is 0.313 e. The lowest BCUT2D eigenvalue weighted by atomic mass is 10.2. The zero-order valence-corrected chi connectivity index (χ0v) is 14.3. The average molecular weight is 376 g/mol. The molecule has 138 valence electrons. The van der Waals surface area contributed by atoms with Gasteiger partial charge in [0.15, 0.2) is 9.84 Å². The third kappa shape index (κ3) is 4.95. The van der Waals surface area contributed by atoms with Crippen LogP contribution in [0.3, 0.4) is 0 Å². The summed E-state index contributed by atoms with van der Waals surface area (Å²) in [7, 11) is -1.87. The number of carbonyl (C=O) groups excluding carboxylic acids is 2. The Kier molecular flexibility index (Phi) is 6.07. The predicted molar refractivity (Wildman–Crippen MR) is 85.6 cm³/mol. The minimum absolute atomic E-state index is 0.00850. The van der Waals surface area contributed by atoms with Gasteiger partial charge in [-0.25, -0.2) is 17.2 Å². The Labute approximate surface area is 143 Å². The molecule has 0 aromatic heterocycles. The van der Waals surface area contributed by atoms with Gasteiger partial charge >= 0.3 is 11.8 Å². The first-order valence-electron chi connectivity index (χ1n) is 7.50. The van der Waals surface area contributed by atoms with E-state index in [2.05, 4.69) is 0 Å². The van der Waals surface area contributed by atoms with Crippen LogP contribution in [0, 0.1) is 11.6 Å². The normalized spacial score (nSPS) is 18.8. The van der Waals surface area contributed by atoms with Gasteiger partial charge in [-0.15, -0.1) is 0 Å². The van der Waals surface area contributed by atoms with E-state index < -0.39 is 45.0 Å². The van der Waals surface area contributed by atoms with Gasteiger partial charge in [0, 0.05) is 25.8 Å². The van der Waals surface area contributed by atoms with Crippen LogP contribution in [0.2, 0.25) is 0 Å². The van der Waals surface area contributed by atoms with Crippen molar-refractivity contribution in [1.82, 2.24) is 4.90 Å². The third-order valence-corrected chi connectivity index (χ3v) is 5.57. The van der Waals surface area contributed by atoms with Crippen molar-refractivity contribution in [3.63, 3.8) is 0 Å². The smallest absolute Gasteiger partial charge is 0.313 e. The number of nitrogens with zero attached hydrogens (tertiary/aromatic N) is 1. The maximum absolute atomic E-state index is 13.6. The molecule has 1 aliphatic rings. The Morgan fingerprint density at radius 2 is 2.08 bits per heavy atom. The summed E-state index contributed by atoms with van der Waals surface area (Å²) < 4.78 is 54.9. The lowest BCUT2D eigenvalue weighted by Gasteiger charge is -2.27. The van der Waals surface area contributed by atoms with Crippen molar-refractivity contribution >= 4 is 27.3 Å². The van der Waals surface area contributed by atoms with Crippen LogP contribution in [0.1, 0.15) is 6.42 Å². The second-order valence-corrected chi connectivity index (χ2v) is 7.86. The van der Waals surface area contributed by atoms with E-state index in [0.717, 1.165) is 23.1 Å². The summed E-state index contributed by atoms with van der Waals surface area (Å²) >= 11 is 0. The van der Waals surface area contributed by atoms with Gasteiger partial charge in [0.2, 0.25) is 0 Å². The molecule has 25 heavy (non-hydrogen) atoms. The summed E-state index contributed by atoms with van der Waals surface area (Å²) in [5.74, 6) is -4.19. The molecule has 10 heteroatoms. The van der Waals surface area contributed by atoms with Crippen LogP contribution in [-0.4, -0.2) is 62.9 Å². The number of hydrogen-bond donors (Lipinski definition) is 1. The Hall–Kier alpha value is -2.07. The minimum Gasteiger partial charge on any atom is -0.383 e. The van der Waals surface area contributed by atoms with Gasteiger partial charge in [0.25, 0.3) is 0 Å². The van der Waals surface area contributed by atoms with Crippen LogP contribution in [-0.2, 0) is 24.2 Å². The maximum atomic E-state index is 13.6. The largest absolute Gasteiger partial charge is 0.383 e. The summed E-state index contributed by atoms with van der Waals surface area (Å²) in [6, 6.07) is 1.79. The van der Waals surface area contributed by atoms with E-state index in [1.807, 2.05) is 5.32 Å². The molecule has 1 aromatic carbocycles. The molecule has 1 aromatic rings. The van der Waals surface area contributed by atoms with Crippen LogP contribution in [0.25, 0.3) is 0 Å². The monoisotopic (exact) mass is 376 g/mol. The molecule has 1 atom stereocenters. The molecule has 2 amide bonds. The highest BCUT2D eigenvalue weighted by Crippen LogP contribution is 2.19. The van der Waals surface area contributed by atoms with Crippen molar-refractivity contribution in [1.29, 1.82) is 0 Å². The number of nitrogens with one attached hydrogen (secondary N) is 1. The van der Waals surface area contributed by atoms with E-state index in [4.69, 9.17) is 4.74 Å². The van der Waals surface area contributed by atoms with Crippen LogP contribution in [0.15, 0.2) is 18.2 Å². The molecule has 1 heterocycles. The number of methoxy groups -OCH3 is 1. The minimum atomic E-state index is -3.27. The summed E-state index contributed by atoms with van der Waals surface area (Å²) in [4.78, 5) is 25.6. The highest BCUT2D eigenvalue weighted by molar-refractivity contribution is 7.91. The molecule has 0 spiro atoms. The van der Waals surface area contributed by atoms with Gasteiger partial charge < -0.3 is 15.0 Å². The molecule has 0 saturated carbocycles. The van der Waals surface area contributed by atoms with Crippen LogP contribution in [0.4, 0.5) is 14.5 Å². The number of carbonyl (C=O) groups is 2. The first-order valence-corrected chi connectivity index (χ1v) is 9.32. The topological polar surface area (TPSA) is 92.8 Å². The molecule has 0 radical (unpaired) electrons. The molecule has 1 fully saturated rings. The van der Waals surface area contributed by atoms with Gasteiger partial charge in [0.1, 0.15) is 11.6 Å². The second kappa shape index (κ2) is 7.87. The van der Waals surface area contributed by atoms with E-state index in [9.17, 15) is 26.8 Å². The fraction of sp³-hybridized carbons (Fsp3) is 0.467. The van der Waals surface area contributed by atoms with Crippen molar-refractivity contribution in [2.45, 2.75) is 12.5 Å². The molecule has 1 N–H and O–H groups in total. The summed E-state index contributed by atoms with van der Waals surface area (Å²) in [6.07, 6.45) is 0.208. The van der Waals surface area contributed by atoms with Crippen molar-refractivity contribution in [2.75, 3.05) is 37.1 Å². The number of halogens is 2. The van der Waals surface area contributed by atoms with Crippen molar-refractivity contribution in [3.05, 3.63) is 29.8 Å². The molecule has 1 aliphatic heterocycles. The molecule has 1 unspecified atom stereocenters. The average Bonchev–Trinajstić information content (AvgIpc) is 2.91. The van der Waals surface area contributed by atoms with Gasteiger partial charge in [-0.3, -0.25) is 9.59 Å². The second-order valence-electron chi connectivity index (χ2n) is 5.63. The number of sulfone groups is 1. The van der Waals surface area contributed by atoms with E-state index in [-0.39, 0.29) is 31.1 Å². The van der Waals surface area contributed by atoms with Crippen LogP contribution >= 0.6 is 0 Å². The molecule has 0 bridgehead atoms. The number of amides is 2. The fourth-order valence-corrected chi connectivity index (χ4v) is 4.29. The van der Waals surface area contributed by atoms with E-state index >= 15 is 0 Å². The Balaban J connectivity index is 2.14. The SMILES string of the molecule is COCCN(C(=O)C(=O)Nc1cc(F)ccc1F)C1CCS(=O)(=O)C1. The highest BCUT2D eigenvalue weighted by Gasteiger charge is 2.36. The standard InChI is InChI=1S/C15H18F2N2O5S/c1-24-6-5-19(11-4-7-25(22,23)9-11)15(21)14(20)18-13-8-10(16)2-3-12(13)17/h2-3,8,11H,4-7,9H2,1H3,(H,18,20). The number of hydrogen-bond acceptors (Lipinski definition) is 5. The Morgan fingerprint density at radius 1 is 1.36 bits per heavy atom. The molecule has 2 rings (SSSR count). The van der Waals surface area contributed by atoms with Crippen molar-refractivity contribution in [3.8, 4) is 0 Å². The van der Waals surface area contributed by atoms with Crippen molar-refractivity contribution < 1.29 is 31.5 Å². The molecular weight excluding hydrogens is 358 g/mol. The number of rotatable bonds is 5. The number of anilines is 1. The van der Waals surface area contributed by atoms with E-state index in [1.54, 1.807) is 0 Å². The predicted octanol–water partition coefficient (Wildman–Crippen LogP) is 0.565. The fourth-order valence-electron chi connectivity index (χ4n) is 2.56. The first kappa shape index (κ1) is 19.3. The van der Waals surface area contributed by atoms with Crippen LogP contribution in [0.5, 0.6) is 0 Å². The van der Waals surface area contributed by atoms with Gasteiger partial charge in [-0.05, 0) is 18.6 Å². The highest BCUT2D eigenvalue weighted by atomic mass is 32.2. The summed E-state index contributed by atoms with van der Waals surface area (Å²) in [5, 5.41) is 2.02. The zero-order valence-electron chi connectivity index (χ0n) is 13.5. The molecule has 7 nitrogen and oxygen atoms in total. The Morgan fingerprint density at radius 3 is 2.68 bits per heavy atom.